The van der Waals surface area contributed by atoms with E-state index in [0.717, 1.165) is 24.5 Å². The third-order valence-corrected chi connectivity index (χ3v) is 4.93. The maximum absolute atomic E-state index is 6.07. The second kappa shape index (κ2) is 3.99. The second-order valence-corrected chi connectivity index (χ2v) is 6.42. The van der Waals surface area contributed by atoms with Crippen LogP contribution in [0.2, 0.25) is 0 Å². The minimum Gasteiger partial charge on any atom is -0.377 e. The lowest BCUT2D eigenvalue weighted by atomic mass is 9.70. The average molecular weight is 223 g/mol. The molecule has 2 unspecified atom stereocenters. The Morgan fingerprint density at radius 3 is 2.56 bits per heavy atom. The van der Waals surface area contributed by atoms with E-state index < -0.39 is 0 Å². The van der Waals surface area contributed by atoms with Gasteiger partial charge < -0.3 is 10.1 Å². The van der Waals surface area contributed by atoms with Gasteiger partial charge in [0, 0.05) is 24.6 Å². The van der Waals surface area contributed by atoms with E-state index in [4.69, 9.17) is 4.74 Å². The topological polar surface area (TPSA) is 21.3 Å². The monoisotopic (exact) mass is 223 g/mol. The van der Waals surface area contributed by atoms with Crippen LogP contribution < -0.4 is 5.32 Å². The summed E-state index contributed by atoms with van der Waals surface area (Å²) < 4.78 is 6.07. The van der Waals surface area contributed by atoms with E-state index in [-0.39, 0.29) is 0 Å². The van der Waals surface area contributed by atoms with E-state index in [2.05, 4.69) is 19.2 Å². The van der Waals surface area contributed by atoms with Gasteiger partial charge in [0.1, 0.15) is 0 Å². The molecule has 2 atom stereocenters. The van der Waals surface area contributed by atoms with Crippen molar-refractivity contribution in [2.45, 2.75) is 58.1 Å². The summed E-state index contributed by atoms with van der Waals surface area (Å²) in [4.78, 5) is 0. The second-order valence-electron chi connectivity index (χ2n) is 6.42. The fourth-order valence-corrected chi connectivity index (χ4v) is 3.32. The predicted molar refractivity (Wildman–Crippen MR) is 65.4 cm³/mol. The van der Waals surface area contributed by atoms with Crippen LogP contribution in [0.25, 0.3) is 0 Å². The molecule has 92 valence electrons. The van der Waals surface area contributed by atoms with Gasteiger partial charge in [0.25, 0.3) is 0 Å². The van der Waals surface area contributed by atoms with Crippen molar-refractivity contribution in [3.05, 3.63) is 0 Å². The van der Waals surface area contributed by atoms with Gasteiger partial charge in [-0.2, -0.15) is 0 Å². The molecule has 0 aromatic heterocycles. The van der Waals surface area contributed by atoms with Gasteiger partial charge in [-0.25, -0.2) is 0 Å². The Bertz CT molecular complexity index is 257. The summed E-state index contributed by atoms with van der Waals surface area (Å²) in [7, 11) is 0. The summed E-state index contributed by atoms with van der Waals surface area (Å²) in [6.45, 7) is 6.96. The highest BCUT2D eigenvalue weighted by molar-refractivity contribution is 5.03. The van der Waals surface area contributed by atoms with Crippen molar-refractivity contribution >= 4 is 0 Å². The van der Waals surface area contributed by atoms with Gasteiger partial charge in [-0.15, -0.1) is 0 Å². The molecule has 0 spiro atoms. The molecule has 1 aliphatic heterocycles. The van der Waals surface area contributed by atoms with E-state index in [1.807, 2.05) is 0 Å². The van der Waals surface area contributed by atoms with Crippen LogP contribution in [-0.4, -0.2) is 25.3 Å². The third kappa shape index (κ3) is 1.91. The molecule has 0 aromatic carbocycles. The average Bonchev–Trinajstić information content (AvgIpc) is 3.15. The molecule has 0 aromatic rings. The zero-order valence-corrected chi connectivity index (χ0v) is 10.7. The summed E-state index contributed by atoms with van der Waals surface area (Å²) in [6, 6.07) is 0.830. The van der Waals surface area contributed by atoms with Gasteiger partial charge in [0.15, 0.2) is 0 Å². The lowest BCUT2D eigenvalue weighted by molar-refractivity contribution is 0.00735. The van der Waals surface area contributed by atoms with Crippen LogP contribution in [0.4, 0.5) is 0 Å². The Hall–Kier alpha value is -0.0800. The first-order valence-electron chi connectivity index (χ1n) is 7.07. The lowest BCUT2D eigenvalue weighted by Gasteiger charge is -2.38. The van der Waals surface area contributed by atoms with Crippen LogP contribution in [0.5, 0.6) is 0 Å². The Kier molecular flexibility index (Phi) is 2.75. The van der Waals surface area contributed by atoms with Crippen LogP contribution in [0.3, 0.4) is 0 Å². The van der Waals surface area contributed by atoms with Crippen LogP contribution in [0.1, 0.15) is 46.0 Å². The standard InChI is InChI=1S/C14H25NO/c1-10(2)14(9-15-12-5-6-12)7-8-16-13(14)11-3-4-11/h10-13,15H,3-9H2,1-2H3. The van der Waals surface area contributed by atoms with E-state index in [1.54, 1.807) is 0 Å². The van der Waals surface area contributed by atoms with Crippen molar-refractivity contribution < 1.29 is 4.74 Å². The summed E-state index contributed by atoms with van der Waals surface area (Å²) >= 11 is 0. The minimum absolute atomic E-state index is 0.434. The molecule has 16 heavy (non-hydrogen) atoms. The number of ether oxygens (including phenoxy) is 1. The molecule has 2 heteroatoms. The minimum atomic E-state index is 0.434. The van der Waals surface area contributed by atoms with Crippen LogP contribution >= 0.6 is 0 Å². The highest BCUT2D eigenvalue weighted by Gasteiger charge is 2.52. The summed E-state index contributed by atoms with van der Waals surface area (Å²) in [5.74, 6) is 1.62. The van der Waals surface area contributed by atoms with Gasteiger partial charge in [-0.05, 0) is 43.9 Å². The van der Waals surface area contributed by atoms with E-state index in [9.17, 15) is 0 Å². The maximum Gasteiger partial charge on any atom is 0.0674 e. The predicted octanol–water partition coefficient (Wildman–Crippen LogP) is 2.58. The van der Waals surface area contributed by atoms with Crippen LogP contribution in [0, 0.1) is 17.3 Å². The molecule has 1 saturated heterocycles. The van der Waals surface area contributed by atoms with Crippen molar-refractivity contribution in [1.82, 2.24) is 5.32 Å². The zero-order chi connectivity index (χ0) is 11.2. The van der Waals surface area contributed by atoms with E-state index in [1.165, 1.54) is 38.6 Å². The van der Waals surface area contributed by atoms with Crippen molar-refractivity contribution in [3.8, 4) is 0 Å². The molecular weight excluding hydrogens is 198 g/mol. The normalized spacial score (nSPS) is 39.6. The smallest absolute Gasteiger partial charge is 0.0674 e. The first kappa shape index (κ1) is 11.0. The summed E-state index contributed by atoms with van der Waals surface area (Å²) in [5.41, 5.74) is 0.434. The number of nitrogens with one attached hydrogen (secondary N) is 1. The Balaban J connectivity index is 1.70. The molecule has 2 aliphatic carbocycles. The van der Waals surface area contributed by atoms with Crippen molar-refractivity contribution in [1.29, 1.82) is 0 Å². The molecule has 2 saturated carbocycles. The van der Waals surface area contributed by atoms with Gasteiger partial charge in [0.05, 0.1) is 6.10 Å². The van der Waals surface area contributed by atoms with E-state index >= 15 is 0 Å². The summed E-state index contributed by atoms with van der Waals surface area (Å²) in [6.07, 6.45) is 7.42. The molecule has 2 nitrogen and oxygen atoms in total. The SMILES string of the molecule is CC(C)C1(CNC2CC2)CCOC1C1CC1. The zero-order valence-electron chi connectivity index (χ0n) is 10.7. The number of hydrogen-bond donors (Lipinski definition) is 1. The summed E-state index contributed by atoms with van der Waals surface area (Å²) in [5, 5.41) is 3.75. The van der Waals surface area contributed by atoms with Gasteiger partial charge in [-0.3, -0.25) is 0 Å². The highest BCUT2D eigenvalue weighted by Crippen LogP contribution is 2.51. The Morgan fingerprint density at radius 2 is 2.00 bits per heavy atom. The lowest BCUT2D eigenvalue weighted by Crippen LogP contribution is -2.46. The molecule has 1 N–H and O–H groups in total. The fraction of sp³-hybridized carbons (Fsp3) is 1.00. The Labute approximate surface area is 99.1 Å². The fourth-order valence-electron chi connectivity index (χ4n) is 3.32. The van der Waals surface area contributed by atoms with Crippen LogP contribution in [-0.2, 0) is 4.74 Å². The van der Waals surface area contributed by atoms with Crippen LogP contribution in [0.15, 0.2) is 0 Å². The molecule has 0 amide bonds. The number of rotatable bonds is 5. The molecule has 3 aliphatic rings. The highest BCUT2D eigenvalue weighted by atomic mass is 16.5. The van der Waals surface area contributed by atoms with Gasteiger partial charge in [-0.1, -0.05) is 13.8 Å². The van der Waals surface area contributed by atoms with Gasteiger partial charge >= 0.3 is 0 Å². The maximum atomic E-state index is 6.07. The Morgan fingerprint density at radius 1 is 1.25 bits per heavy atom. The first-order chi connectivity index (χ1) is 7.72. The third-order valence-electron chi connectivity index (χ3n) is 4.93. The van der Waals surface area contributed by atoms with Crippen molar-refractivity contribution in [2.24, 2.45) is 17.3 Å². The molecule has 3 fully saturated rings. The molecule has 0 radical (unpaired) electrons. The van der Waals surface area contributed by atoms with Crippen molar-refractivity contribution in [3.63, 3.8) is 0 Å². The largest absolute Gasteiger partial charge is 0.377 e. The molecular formula is C14H25NO. The van der Waals surface area contributed by atoms with E-state index in [0.29, 0.717) is 11.5 Å². The first-order valence-corrected chi connectivity index (χ1v) is 7.07. The molecule has 1 heterocycles. The quantitative estimate of drug-likeness (QED) is 0.773. The van der Waals surface area contributed by atoms with Gasteiger partial charge in [0.2, 0.25) is 0 Å². The molecule has 3 rings (SSSR count). The molecule has 0 bridgehead atoms. The number of hydrogen-bond acceptors (Lipinski definition) is 2. The van der Waals surface area contributed by atoms with Crippen molar-refractivity contribution in [2.75, 3.05) is 13.2 Å².